The van der Waals surface area contributed by atoms with Crippen LogP contribution in [0.5, 0.6) is 11.5 Å². The summed E-state index contributed by atoms with van der Waals surface area (Å²) < 4.78 is 12.1. The van der Waals surface area contributed by atoms with Crippen molar-refractivity contribution in [1.29, 1.82) is 0 Å². The number of aryl methyl sites for hydroxylation is 2. The third kappa shape index (κ3) is 6.99. The molecule has 0 spiro atoms. The third-order valence-corrected chi connectivity index (χ3v) is 6.47. The molecule has 0 aliphatic rings. The summed E-state index contributed by atoms with van der Waals surface area (Å²) >= 11 is 3.54. The van der Waals surface area contributed by atoms with Crippen LogP contribution in [0.2, 0.25) is 0 Å². The number of hydrogen-bond acceptors (Lipinski definition) is 4. The van der Waals surface area contributed by atoms with Crippen molar-refractivity contribution >= 4 is 27.7 Å². The molecule has 1 unspecified atom stereocenters. The topological polar surface area (TPSA) is 67.9 Å². The number of amides is 2. The van der Waals surface area contributed by atoms with Crippen LogP contribution in [0.1, 0.15) is 43.4 Å². The molecule has 1 N–H and O–H groups in total. The van der Waals surface area contributed by atoms with Gasteiger partial charge in [0.15, 0.2) is 6.61 Å². The van der Waals surface area contributed by atoms with Gasteiger partial charge in [0, 0.05) is 17.6 Å². The summed E-state index contributed by atoms with van der Waals surface area (Å²) in [6.07, 6.45) is 1.34. The van der Waals surface area contributed by atoms with E-state index in [2.05, 4.69) is 21.2 Å². The second kappa shape index (κ2) is 12.5. The van der Waals surface area contributed by atoms with E-state index in [4.69, 9.17) is 9.47 Å². The first-order valence-corrected chi connectivity index (χ1v) is 11.7. The first kappa shape index (κ1) is 25.7. The fourth-order valence-electron chi connectivity index (χ4n) is 3.43. The van der Waals surface area contributed by atoms with E-state index >= 15 is 0 Å². The fraction of sp³-hybridized carbons (Fsp3) is 0.440. The highest BCUT2D eigenvalue weighted by Gasteiger charge is 2.28. The van der Waals surface area contributed by atoms with Gasteiger partial charge < -0.3 is 19.7 Å². The smallest absolute Gasteiger partial charge is 0.261 e. The number of carbonyl (C=O) groups is 2. The Morgan fingerprint density at radius 3 is 2.22 bits per heavy atom. The lowest BCUT2D eigenvalue weighted by Crippen LogP contribution is -2.50. The highest BCUT2D eigenvalue weighted by molar-refractivity contribution is 9.10. The highest BCUT2D eigenvalue weighted by atomic mass is 79.9. The monoisotopic (exact) mass is 504 g/mol. The van der Waals surface area contributed by atoms with Crippen LogP contribution >= 0.6 is 15.9 Å². The molecule has 0 saturated carbocycles. The van der Waals surface area contributed by atoms with Crippen molar-refractivity contribution in [3.63, 3.8) is 0 Å². The summed E-state index contributed by atoms with van der Waals surface area (Å²) in [5.74, 6) is 0.984. The van der Waals surface area contributed by atoms with Crippen molar-refractivity contribution in [2.75, 3.05) is 20.3 Å². The van der Waals surface area contributed by atoms with Gasteiger partial charge in [-0.05, 0) is 67.6 Å². The van der Waals surface area contributed by atoms with Gasteiger partial charge in [-0.3, -0.25) is 9.59 Å². The number of methoxy groups -OCH3 is 1. The summed E-state index contributed by atoms with van der Waals surface area (Å²) in [7, 11) is 1.61. The van der Waals surface area contributed by atoms with E-state index in [0.717, 1.165) is 33.3 Å². The molecule has 2 rings (SSSR count). The fourth-order valence-corrected chi connectivity index (χ4v) is 3.66. The van der Waals surface area contributed by atoms with Crippen molar-refractivity contribution in [1.82, 2.24) is 10.2 Å². The van der Waals surface area contributed by atoms with Gasteiger partial charge >= 0.3 is 0 Å². The molecule has 2 amide bonds. The molecular formula is C25H33BrN2O4. The number of nitrogens with one attached hydrogen (secondary N) is 1. The maximum Gasteiger partial charge on any atom is 0.261 e. The van der Waals surface area contributed by atoms with Crippen molar-refractivity contribution < 1.29 is 19.1 Å². The number of rotatable bonds is 11. The molecule has 6 nitrogen and oxygen atoms in total. The second-order valence-corrected chi connectivity index (χ2v) is 8.54. The van der Waals surface area contributed by atoms with Crippen LogP contribution in [0.25, 0.3) is 0 Å². The van der Waals surface area contributed by atoms with Crippen molar-refractivity contribution in [2.24, 2.45) is 0 Å². The Balaban J connectivity index is 2.22. The maximum absolute atomic E-state index is 13.2. The van der Waals surface area contributed by atoms with Crippen molar-refractivity contribution in [2.45, 2.75) is 53.1 Å². The zero-order chi connectivity index (χ0) is 23.7. The molecule has 0 aliphatic carbocycles. The molecule has 2 aromatic carbocycles. The van der Waals surface area contributed by atoms with Gasteiger partial charge in [0.2, 0.25) is 5.91 Å². The number of carbonyl (C=O) groups excluding carboxylic acids is 2. The Hall–Kier alpha value is -2.54. The molecule has 0 heterocycles. The number of halogens is 1. The molecule has 0 fully saturated rings. The number of benzene rings is 2. The Morgan fingerprint density at radius 1 is 1.06 bits per heavy atom. The SMILES string of the molecule is CCCNC(=O)C(CC)N(Cc1ccc(OC)cc1)C(=O)COc1cc(C)c(Br)c(C)c1. The van der Waals surface area contributed by atoms with E-state index in [9.17, 15) is 9.59 Å². The zero-order valence-electron chi connectivity index (χ0n) is 19.5. The largest absolute Gasteiger partial charge is 0.497 e. The second-order valence-electron chi connectivity index (χ2n) is 7.74. The minimum absolute atomic E-state index is 0.145. The van der Waals surface area contributed by atoms with Gasteiger partial charge in [0.05, 0.1) is 7.11 Å². The van der Waals surface area contributed by atoms with Crippen LogP contribution in [-0.4, -0.2) is 43.0 Å². The van der Waals surface area contributed by atoms with E-state index in [-0.39, 0.29) is 18.4 Å². The van der Waals surface area contributed by atoms with Gasteiger partial charge in [-0.25, -0.2) is 0 Å². The summed E-state index contributed by atoms with van der Waals surface area (Å²) in [6, 6.07) is 10.7. The normalized spacial score (nSPS) is 11.6. The molecule has 1 atom stereocenters. The van der Waals surface area contributed by atoms with Gasteiger partial charge in [0.25, 0.3) is 5.91 Å². The predicted octanol–water partition coefficient (Wildman–Crippen LogP) is 4.79. The lowest BCUT2D eigenvalue weighted by Gasteiger charge is -2.30. The third-order valence-electron chi connectivity index (χ3n) is 5.22. The quantitative estimate of drug-likeness (QED) is 0.477. The van der Waals surface area contributed by atoms with Gasteiger partial charge in [0.1, 0.15) is 17.5 Å². The predicted molar refractivity (Wildman–Crippen MR) is 130 cm³/mol. The van der Waals surface area contributed by atoms with E-state index in [1.807, 2.05) is 64.1 Å². The summed E-state index contributed by atoms with van der Waals surface area (Å²) in [6.45, 7) is 8.61. The maximum atomic E-state index is 13.2. The summed E-state index contributed by atoms with van der Waals surface area (Å²) in [5.41, 5.74) is 2.98. The molecule has 0 radical (unpaired) electrons. The van der Waals surface area contributed by atoms with Crippen LogP contribution in [0.4, 0.5) is 0 Å². The first-order chi connectivity index (χ1) is 15.3. The lowest BCUT2D eigenvalue weighted by atomic mass is 10.1. The van der Waals surface area contributed by atoms with Gasteiger partial charge in [-0.15, -0.1) is 0 Å². The minimum Gasteiger partial charge on any atom is -0.497 e. The van der Waals surface area contributed by atoms with E-state index in [1.165, 1.54) is 0 Å². The van der Waals surface area contributed by atoms with Gasteiger partial charge in [-0.1, -0.05) is 41.9 Å². The first-order valence-electron chi connectivity index (χ1n) is 10.9. The van der Waals surface area contributed by atoms with Crippen molar-refractivity contribution in [3.05, 3.63) is 57.6 Å². The molecule has 0 aromatic heterocycles. The van der Waals surface area contributed by atoms with E-state index < -0.39 is 6.04 Å². The van der Waals surface area contributed by atoms with E-state index in [1.54, 1.807) is 12.0 Å². The van der Waals surface area contributed by atoms with Crippen LogP contribution < -0.4 is 14.8 Å². The molecule has 32 heavy (non-hydrogen) atoms. The summed E-state index contributed by atoms with van der Waals surface area (Å²) in [5, 5.41) is 2.92. The lowest BCUT2D eigenvalue weighted by molar-refractivity contribution is -0.143. The average molecular weight is 505 g/mol. The molecule has 0 bridgehead atoms. The molecule has 0 aliphatic heterocycles. The molecule has 7 heteroatoms. The average Bonchev–Trinajstić information content (AvgIpc) is 2.79. The Kier molecular flexibility index (Phi) is 10.0. The Labute approximate surface area is 199 Å². The summed E-state index contributed by atoms with van der Waals surface area (Å²) in [4.78, 5) is 27.6. The van der Waals surface area contributed by atoms with Crippen LogP contribution in [0.15, 0.2) is 40.9 Å². The molecule has 174 valence electrons. The molecular weight excluding hydrogens is 472 g/mol. The minimum atomic E-state index is -0.576. The Morgan fingerprint density at radius 2 is 1.69 bits per heavy atom. The standard InChI is InChI=1S/C25H33BrN2O4/c1-6-12-27-25(30)22(7-2)28(15-19-8-10-20(31-5)11-9-19)23(29)16-32-21-13-17(3)24(26)18(4)14-21/h8-11,13-14,22H,6-7,12,15-16H2,1-5H3,(H,27,30). The van der Waals surface area contributed by atoms with E-state index in [0.29, 0.717) is 25.3 Å². The van der Waals surface area contributed by atoms with Crippen LogP contribution in [-0.2, 0) is 16.1 Å². The highest BCUT2D eigenvalue weighted by Crippen LogP contribution is 2.26. The van der Waals surface area contributed by atoms with Crippen LogP contribution in [0.3, 0.4) is 0 Å². The van der Waals surface area contributed by atoms with Crippen LogP contribution in [0, 0.1) is 13.8 Å². The molecule has 2 aromatic rings. The number of ether oxygens (including phenoxy) is 2. The number of hydrogen-bond donors (Lipinski definition) is 1. The molecule has 0 saturated heterocycles. The zero-order valence-corrected chi connectivity index (χ0v) is 21.1. The van der Waals surface area contributed by atoms with Gasteiger partial charge in [-0.2, -0.15) is 0 Å². The Bertz CT molecular complexity index is 892. The number of nitrogens with zero attached hydrogens (tertiary/aromatic N) is 1. The van der Waals surface area contributed by atoms with Crippen molar-refractivity contribution in [3.8, 4) is 11.5 Å².